The van der Waals surface area contributed by atoms with Crippen molar-refractivity contribution in [2.45, 2.75) is 0 Å². The molecule has 506 valence electrons. The number of para-hydroxylation sites is 4. The van der Waals surface area contributed by atoms with Crippen LogP contribution in [0.25, 0.3) is 120 Å². The van der Waals surface area contributed by atoms with Gasteiger partial charge in [0, 0.05) is 66.1 Å². The largest absolute Gasteiger partial charge is 0.268 e. The van der Waals surface area contributed by atoms with Gasteiger partial charge in [-0.05, 0) is 195 Å². The molecule has 0 N–H and O–H groups in total. The molecule has 0 unspecified atom stereocenters. The molecule has 4 aliphatic rings. The molecule has 0 fully saturated rings. The minimum absolute atomic E-state index is 0.349. The average molecular weight is 1390 g/mol. The maximum Gasteiger partial charge on any atom is 0.265 e. The molecule has 0 aromatic heterocycles. The number of carbonyl (C=O) groups is 8. The number of rotatable bonds is 8. The molecule has 0 saturated carbocycles. The van der Waals surface area contributed by atoms with E-state index >= 15 is 0 Å². The van der Waals surface area contributed by atoms with Crippen LogP contribution in [-0.2, 0) is 0 Å². The summed E-state index contributed by atoms with van der Waals surface area (Å²) in [6, 6.07) is 103. The van der Waals surface area contributed by atoms with E-state index < -0.39 is 0 Å². The number of hydrogen-bond acceptors (Lipinski definition) is 8. The molecule has 12 nitrogen and oxygen atoms in total. The van der Waals surface area contributed by atoms with E-state index in [1.165, 1.54) is 19.6 Å². The highest BCUT2D eigenvalue weighted by Crippen LogP contribution is 2.51. The number of amides is 8. The predicted molar refractivity (Wildman–Crippen MR) is 427 cm³/mol. The average Bonchev–Trinajstić information content (AvgIpc) is 0.720. The van der Waals surface area contributed by atoms with Gasteiger partial charge in [-0.2, -0.15) is 0 Å². The van der Waals surface area contributed by atoms with Crippen LogP contribution in [0.1, 0.15) is 82.9 Å². The molecule has 4 aliphatic heterocycles. The van der Waals surface area contributed by atoms with E-state index in [2.05, 4.69) is 48.5 Å². The van der Waals surface area contributed by atoms with Gasteiger partial charge in [0.05, 0.1) is 22.7 Å². The van der Waals surface area contributed by atoms with Gasteiger partial charge in [0.1, 0.15) is 0 Å². The van der Waals surface area contributed by atoms with E-state index in [1.54, 1.807) is 72.8 Å². The van der Waals surface area contributed by atoms with Crippen LogP contribution in [0.4, 0.5) is 22.7 Å². The predicted octanol–water partition coefficient (Wildman–Crippen LogP) is 21.3. The Labute approximate surface area is 616 Å². The molecule has 0 aliphatic carbocycles. The zero-order valence-electron chi connectivity index (χ0n) is 57.2. The number of benzene rings is 17. The summed E-state index contributed by atoms with van der Waals surface area (Å²) in [7, 11) is 0. The van der Waals surface area contributed by atoms with Gasteiger partial charge in [0.2, 0.25) is 0 Å². The zero-order chi connectivity index (χ0) is 72.7. The van der Waals surface area contributed by atoms with Crippen molar-refractivity contribution in [1.82, 2.24) is 0 Å². The first-order valence-electron chi connectivity index (χ1n) is 35.5. The number of imide groups is 4. The third kappa shape index (κ3) is 9.23. The van der Waals surface area contributed by atoms with Crippen molar-refractivity contribution in [3.63, 3.8) is 0 Å². The summed E-state index contributed by atoms with van der Waals surface area (Å²) >= 11 is 0. The van der Waals surface area contributed by atoms with Gasteiger partial charge in [-0.15, -0.1) is 0 Å². The number of carbonyl (C=O) groups excluding carboxylic acids is 8. The van der Waals surface area contributed by atoms with Crippen LogP contribution in [0, 0.1) is 0 Å². The minimum atomic E-state index is -0.354. The topological polar surface area (TPSA) is 150 Å². The Morgan fingerprint density at radius 3 is 0.537 bits per heavy atom. The van der Waals surface area contributed by atoms with Crippen molar-refractivity contribution < 1.29 is 38.4 Å². The number of nitrogens with zero attached hydrogens (tertiary/aromatic N) is 4. The van der Waals surface area contributed by atoms with Gasteiger partial charge < -0.3 is 0 Å². The lowest BCUT2D eigenvalue weighted by molar-refractivity contribution is 0.0877. The second kappa shape index (κ2) is 24.4. The van der Waals surface area contributed by atoms with Crippen molar-refractivity contribution in [2.24, 2.45) is 0 Å². The second-order valence-electron chi connectivity index (χ2n) is 27.2. The highest BCUT2D eigenvalue weighted by molar-refractivity contribution is 6.41. The smallest absolute Gasteiger partial charge is 0.265 e. The monoisotopic (exact) mass is 1390 g/mol. The molecule has 0 radical (unpaired) electrons. The van der Waals surface area contributed by atoms with Crippen molar-refractivity contribution in [2.75, 3.05) is 19.6 Å². The van der Waals surface area contributed by atoms with Gasteiger partial charge in [-0.1, -0.05) is 231 Å². The molecule has 12 heteroatoms. The molecule has 0 spiro atoms. The van der Waals surface area contributed by atoms with Gasteiger partial charge in [0.25, 0.3) is 47.3 Å². The summed E-state index contributed by atoms with van der Waals surface area (Å²) in [6.07, 6.45) is 0. The fourth-order valence-electron chi connectivity index (χ4n) is 17.0. The minimum Gasteiger partial charge on any atom is -0.268 e. The molecular weight excluding hydrogens is 1340 g/mol. The number of hydrogen-bond donors (Lipinski definition) is 0. The third-order valence-electron chi connectivity index (χ3n) is 21.7. The van der Waals surface area contributed by atoms with Crippen LogP contribution in [0.2, 0.25) is 0 Å². The first-order chi connectivity index (χ1) is 53.0. The quantitative estimate of drug-likeness (QED) is 0.108. The van der Waals surface area contributed by atoms with E-state index in [0.717, 1.165) is 98.4 Å². The first kappa shape index (κ1) is 62.9. The molecule has 21 rings (SSSR count). The van der Waals surface area contributed by atoms with Crippen LogP contribution in [0.5, 0.6) is 0 Å². The normalized spacial score (nSPS) is 13.8. The van der Waals surface area contributed by atoms with Crippen molar-refractivity contribution in [1.29, 1.82) is 0 Å². The number of fused-ring (bicyclic) bond motifs is 3. The summed E-state index contributed by atoms with van der Waals surface area (Å²) in [5, 5.41) is 11.8. The molecule has 17 aromatic rings. The molecule has 8 amide bonds. The third-order valence-corrected chi connectivity index (χ3v) is 21.7. The van der Waals surface area contributed by atoms with E-state index in [0.29, 0.717) is 88.8 Å². The van der Waals surface area contributed by atoms with E-state index in [9.17, 15) is 38.4 Å². The second-order valence-corrected chi connectivity index (χ2v) is 27.2. The van der Waals surface area contributed by atoms with E-state index in [-0.39, 0.29) is 47.3 Å². The van der Waals surface area contributed by atoms with Crippen LogP contribution in [-0.4, -0.2) is 47.3 Å². The Hall–Kier alpha value is -14.9. The van der Waals surface area contributed by atoms with Crippen molar-refractivity contribution >= 4 is 145 Å². The fourth-order valence-corrected chi connectivity index (χ4v) is 17.0. The SMILES string of the molecule is O=C1c2cccc3c(-c4c5ccccc5c(-c5ccc6c7c(cccc57)C(=O)N(c5ccccc5)C6=O)c5ccccc45)ccc(c23)C(=O)N1c1ccccc1.O=C1c2cccc3c(-c4ccc(-c5ccc6c7c(cccc57)C(=O)N(c5ccccc5)C6=O)c5ccccc45)ccc(c23)C(=O)N1c1ccccc1. The Morgan fingerprint density at radius 2 is 0.296 bits per heavy atom. The van der Waals surface area contributed by atoms with Crippen LogP contribution >= 0.6 is 0 Å². The standard InChI is InChI=1S/C50H28N2O4.C46H26N2O4/c53-47-39-23-11-21-35-37(25-27-41(45(35)39)49(55)51(47)29-13-3-1-4-14-29)43-31-17-7-9-19-33(31)44(34-20-10-8-18-32(34)43)38-26-28-42-46-36(38)22-12-24-40(46)48(54)52(50(42)56)30-15-5-2-6-16-30;49-43-37-19-9-17-35-33(23-25-39(41(35)37)45(51)47(43)27-11-3-1-4-12-27)31-21-22-32(30-16-8-7-15-29(30)31)34-24-26-40-42-36(34)18-10-20-38(42)44(50)48(46(40)52)28-13-5-2-6-14-28/h1-28H;1-26H. The lowest BCUT2D eigenvalue weighted by Crippen LogP contribution is -2.40. The lowest BCUT2D eigenvalue weighted by atomic mass is 9.81. The highest BCUT2D eigenvalue weighted by atomic mass is 16.2. The summed E-state index contributed by atoms with van der Waals surface area (Å²) in [5.74, 6) is -2.81. The van der Waals surface area contributed by atoms with E-state index in [1.807, 2.05) is 206 Å². The molecule has 0 bridgehead atoms. The first-order valence-corrected chi connectivity index (χ1v) is 35.5. The summed E-state index contributed by atoms with van der Waals surface area (Å²) < 4.78 is 0. The lowest BCUT2D eigenvalue weighted by Gasteiger charge is -2.28. The maximum atomic E-state index is 14.1. The van der Waals surface area contributed by atoms with Gasteiger partial charge in [-0.25, -0.2) is 19.6 Å². The Bertz CT molecular complexity index is 6380. The Kier molecular flexibility index (Phi) is 14.2. The number of anilines is 4. The molecular formula is C96H54N4O8. The van der Waals surface area contributed by atoms with Crippen molar-refractivity contribution in [3.05, 3.63) is 372 Å². The molecule has 17 aromatic carbocycles. The van der Waals surface area contributed by atoms with Crippen LogP contribution in [0.15, 0.2) is 328 Å². The van der Waals surface area contributed by atoms with Crippen LogP contribution < -0.4 is 19.6 Å². The van der Waals surface area contributed by atoms with Crippen molar-refractivity contribution in [3.8, 4) is 44.5 Å². The molecule has 4 heterocycles. The summed E-state index contributed by atoms with van der Waals surface area (Å²) in [4.78, 5) is 117. The molecule has 0 saturated heterocycles. The Morgan fingerprint density at radius 1 is 0.130 bits per heavy atom. The fraction of sp³-hybridized carbons (Fsp3) is 0. The van der Waals surface area contributed by atoms with E-state index in [4.69, 9.17) is 0 Å². The summed E-state index contributed by atoms with van der Waals surface area (Å²) in [5.41, 5.74) is 13.5. The molecule has 0 atom stereocenters. The zero-order valence-corrected chi connectivity index (χ0v) is 57.2. The van der Waals surface area contributed by atoms with Gasteiger partial charge in [0.15, 0.2) is 0 Å². The summed E-state index contributed by atoms with van der Waals surface area (Å²) in [6.45, 7) is 0. The van der Waals surface area contributed by atoms with Gasteiger partial charge in [-0.3, -0.25) is 38.4 Å². The molecule has 108 heavy (non-hydrogen) atoms. The van der Waals surface area contributed by atoms with Gasteiger partial charge >= 0.3 is 0 Å². The highest BCUT2D eigenvalue weighted by Gasteiger charge is 2.40. The maximum absolute atomic E-state index is 14.1. The Balaban J connectivity index is 0.000000143. The van der Waals surface area contributed by atoms with Crippen LogP contribution in [0.3, 0.4) is 0 Å².